The summed E-state index contributed by atoms with van der Waals surface area (Å²) in [5.74, 6) is -4.65. The SMILES string of the molecule is CC(F)(N=C=O)c1ccc(F)c(F)c1. The van der Waals surface area contributed by atoms with Crippen LogP contribution < -0.4 is 0 Å². The summed E-state index contributed by atoms with van der Waals surface area (Å²) in [4.78, 5) is 12.7. The number of isocyanates is 1. The van der Waals surface area contributed by atoms with Gasteiger partial charge in [0.1, 0.15) is 0 Å². The van der Waals surface area contributed by atoms with Gasteiger partial charge in [-0.15, -0.1) is 0 Å². The van der Waals surface area contributed by atoms with Gasteiger partial charge in [-0.2, -0.15) is 4.99 Å². The van der Waals surface area contributed by atoms with Gasteiger partial charge in [0.25, 0.3) is 0 Å². The normalized spacial score (nSPS) is 14.3. The van der Waals surface area contributed by atoms with Crippen LogP contribution in [0.2, 0.25) is 0 Å². The van der Waals surface area contributed by atoms with Gasteiger partial charge in [-0.25, -0.2) is 18.0 Å². The number of carbonyl (C=O) groups excluding carboxylic acids is 1. The number of rotatable bonds is 2. The minimum atomic E-state index is -2.38. The minimum absolute atomic E-state index is 0.236. The molecule has 2 nitrogen and oxygen atoms in total. The van der Waals surface area contributed by atoms with Crippen LogP contribution in [-0.2, 0) is 10.6 Å². The average molecular weight is 201 g/mol. The average Bonchev–Trinajstić information content (AvgIpc) is 2.09. The van der Waals surface area contributed by atoms with Crippen molar-refractivity contribution in [3.8, 4) is 0 Å². The van der Waals surface area contributed by atoms with Gasteiger partial charge >= 0.3 is 0 Å². The van der Waals surface area contributed by atoms with E-state index in [0.29, 0.717) is 6.07 Å². The van der Waals surface area contributed by atoms with Crippen LogP contribution in [0.25, 0.3) is 0 Å². The Hall–Kier alpha value is -1.61. The van der Waals surface area contributed by atoms with Crippen molar-refractivity contribution in [2.45, 2.75) is 12.7 Å². The fraction of sp³-hybridized carbons (Fsp3) is 0.222. The molecule has 14 heavy (non-hydrogen) atoms. The van der Waals surface area contributed by atoms with E-state index in [2.05, 4.69) is 4.99 Å². The molecule has 0 aliphatic carbocycles. The van der Waals surface area contributed by atoms with Crippen LogP contribution in [0, 0.1) is 11.6 Å². The fourth-order valence-electron chi connectivity index (χ4n) is 0.930. The first kappa shape index (κ1) is 10.5. The third-order valence-corrected chi connectivity index (χ3v) is 1.70. The van der Waals surface area contributed by atoms with Gasteiger partial charge < -0.3 is 0 Å². The van der Waals surface area contributed by atoms with Crippen molar-refractivity contribution < 1.29 is 18.0 Å². The van der Waals surface area contributed by atoms with E-state index in [1.54, 1.807) is 0 Å². The Balaban J connectivity index is 3.20. The molecular weight excluding hydrogens is 195 g/mol. The lowest BCUT2D eigenvalue weighted by Crippen LogP contribution is -2.11. The van der Waals surface area contributed by atoms with Crippen LogP contribution in [0.5, 0.6) is 0 Å². The molecule has 0 aromatic heterocycles. The summed E-state index contributed by atoms with van der Waals surface area (Å²) in [6.45, 7) is 0.949. The molecule has 0 amide bonds. The van der Waals surface area contributed by atoms with Crippen molar-refractivity contribution in [1.82, 2.24) is 0 Å². The lowest BCUT2D eigenvalue weighted by Gasteiger charge is -2.13. The highest BCUT2D eigenvalue weighted by Crippen LogP contribution is 2.27. The van der Waals surface area contributed by atoms with E-state index in [-0.39, 0.29) is 5.56 Å². The molecule has 0 heterocycles. The zero-order valence-corrected chi connectivity index (χ0v) is 7.22. The van der Waals surface area contributed by atoms with Crippen LogP contribution in [0.4, 0.5) is 13.2 Å². The number of nitrogens with zero attached hydrogens (tertiary/aromatic N) is 1. The third-order valence-electron chi connectivity index (χ3n) is 1.70. The fourth-order valence-corrected chi connectivity index (χ4v) is 0.930. The topological polar surface area (TPSA) is 29.4 Å². The van der Waals surface area contributed by atoms with E-state index in [0.717, 1.165) is 25.1 Å². The number of hydrogen-bond acceptors (Lipinski definition) is 2. The number of halogens is 3. The summed E-state index contributed by atoms with van der Waals surface area (Å²) < 4.78 is 38.6. The molecule has 0 N–H and O–H groups in total. The van der Waals surface area contributed by atoms with Crippen molar-refractivity contribution >= 4 is 6.08 Å². The van der Waals surface area contributed by atoms with E-state index in [4.69, 9.17) is 0 Å². The molecule has 5 heteroatoms. The van der Waals surface area contributed by atoms with Crippen molar-refractivity contribution in [3.63, 3.8) is 0 Å². The molecule has 0 bridgehead atoms. The molecule has 0 saturated carbocycles. The van der Waals surface area contributed by atoms with Crippen molar-refractivity contribution in [2.24, 2.45) is 4.99 Å². The molecule has 0 fully saturated rings. The molecule has 0 radical (unpaired) electrons. The third kappa shape index (κ3) is 2.00. The van der Waals surface area contributed by atoms with E-state index in [1.165, 1.54) is 0 Å². The van der Waals surface area contributed by atoms with Crippen LogP contribution in [0.15, 0.2) is 23.2 Å². The molecule has 0 aliphatic rings. The maximum atomic E-state index is 13.4. The predicted octanol–water partition coefficient (Wildman–Crippen LogP) is 2.44. The molecule has 74 valence electrons. The maximum Gasteiger partial charge on any atom is 0.238 e. The molecule has 0 saturated heterocycles. The van der Waals surface area contributed by atoms with Gasteiger partial charge in [0.2, 0.25) is 11.9 Å². The second kappa shape index (κ2) is 3.64. The highest BCUT2D eigenvalue weighted by atomic mass is 19.2. The van der Waals surface area contributed by atoms with Crippen molar-refractivity contribution in [2.75, 3.05) is 0 Å². The number of hydrogen-bond donors (Lipinski definition) is 0. The number of aliphatic imine (C=N–C) groups is 1. The molecule has 1 aromatic carbocycles. The quantitative estimate of drug-likeness (QED) is 0.410. The Morgan fingerprint density at radius 2 is 2.00 bits per heavy atom. The van der Waals surface area contributed by atoms with Crippen LogP contribution in [0.1, 0.15) is 12.5 Å². The highest BCUT2D eigenvalue weighted by Gasteiger charge is 2.25. The van der Waals surface area contributed by atoms with Gasteiger partial charge in [0.05, 0.1) is 0 Å². The van der Waals surface area contributed by atoms with Crippen molar-refractivity contribution in [3.05, 3.63) is 35.4 Å². The Bertz CT molecular complexity index is 397. The monoisotopic (exact) mass is 201 g/mol. The van der Waals surface area contributed by atoms with Crippen LogP contribution >= 0.6 is 0 Å². The maximum absolute atomic E-state index is 13.4. The van der Waals surface area contributed by atoms with Gasteiger partial charge in [-0.05, 0) is 19.1 Å². The zero-order valence-electron chi connectivity index (χ0n) is 7.22. The van der Waals surface area contributed by atoms with E-state index < -0.39 is 17.4 Å². The first-order valence-corrected chi connectivity index (χ1v) is 3.71. The van der Waals surface area contributed by atoms with Gasteiger partial charge in [0, 0.05) is 5.56 Å². The zero-order chi connectivity index (χ0) is 10.8. The first-order chi connectivity index (χ1) is 6.47. The summed E-state index contributed by atoms with van der Waals surface area (Å²) in [6, 6.07) is 2.43. The molecule has 1 unspecified atom stereocenters. The van der Waals surface area contributed by atoms with Gasteiger partial charge in [0.15, 0.2) is 11.6 Å². The number of alkyl halides is 1. The summed E-state index contributed by atoms with van der Waals surface area (Å²) >= 11 is 0. The van der Waals surface area contributed by atoms with E-state index >= 15 is 0 Å². The largest absolute Gasteiger partial charge is 0.238 e. The molecule has 0 aliphatic heterocycles. The minimum Gasteiger partial charge on any atom is -0.212 e. The molecule has 1 rings (SSSR count). The first-order valence-electron chi connectivity index (χ1n) is 3.71. The summed E-state index contributed by atoms with van der Waals surface area (Å²) in [5, 5.41) is 0. The van der Waals surface area contributed by atoms with Crippen molar-refractivity contribution in [1.29, 1.82) is 0 Å². The Kier molecular flexibility index (Phi) is 2.72. The van der Waals surface area contributed by atoms with E-state index in [9.17, 15) is 18.0 Å². The van der Waals surface area contributed by atoms with E-state index in [1.807, 2.05) is 0 Å². The van der Waals surface area contributed by atoms with Gasteiger partial charge in [-0.1, -0.05) is 6.07 Å². The summed E-state index contributed by atoms with van der Waals surface area (Å²) in [6.07, 6.45) is 1.02. The lowest BCUT2D eigenvalue weighted by atomic mass is 10.1. The molecule has 0 spiro atoms. The van der Waals surface area contributed by atoms with Crippen LogP contribution in [0.3, 0.4) is 0 Å². The van der Waals surface area contributed by atoms with Crippen LogP contribution in [-0.4, -0.2) is 6.08 Å². The standard InChI is InChI=1S/C9H6F3NO/c1-9(12,13-5-14)6-2-3-7(10)8(11)4-6/h2-4H,1H3. The molecular formula is C9H6F3NO. The summed E-state index contributed by atoms with van der Waals surface area (Å²) in [5.41, 5.74) is -0.236. The Morgan fingerprint density at radius 3 is 2.50 bits per heavy atom. The lowest BCUT2D eigenvalue weighted by molar-refractivity contribution is 0.205. The Labute approximate surface area is 78.1 Å². The smallest absolute Gasteiger partial charge is 0.212 e. The molecule has 1 atom stereocenters. The molecule has 1 aromatic rings. The Morgan fingerprint density at radius 1 is 1.36 bits per heavy atom. The second-order valence-corrected chi connectivity index (χ2v) is 2.79. The highest BCUT2D eigenvalue weighted by molar-refractivity contribution is 5.36. The van der Waals surface area contributed by atoms with Gasteiger partial charge in [-0.3, -0.25) is 0 Å². The summed E-state index contributed by atoms with van der Waals surface area (Å²) in [7, 11) is 0. The number of benzene rings is 1. The second-order valence-electron chi connectivity index (χ2n) is 2.79. The predicted molar refractivity (Wildman–Crippen MR) is 42.9 cm³/mol.